The Morgan fingerprint density at radius 2 is 1.86 bits per heavy atom. The van der Waals surface area contributed by atoms with Crippen molar-refractivity contribution in [3.8, 4) is 5.75 Å². The van der Waals surface area contributed by atoms with Gasteiger partial charge in [-0.05, 0) is 48.4 Å². The number of benzene rings is 2. The number of hydrogen-bond donors (Lipinski definition) is 1. The van der Waals surface area contributed by atoms with E-state index in [0.29, 0.717) is 17.0 Å². The van der Waals surface area contributed by atoms with Crippen LogP contribution >= 0.6 is 0 Å². The molecule has 0 radical (unpaired) electrons. The Bertz CT molecular complexity index is 1020. The molecule has 2 aromatic carbocycles. The summed E-state index contributed by atoms with van der Waals surface area (Å²) in [5.74, 6) is 0.210. The van der Waals surface area contributed by atoms with Gasteiger partial charge in [-0.3, -0.25) is 4.79 Å². The Kier molecular flexibility index (Phi) is 5.99. The Labute approximate surface area is 163 Å². The number of amides is 1. The predicted octanol–water partition coefficient (Wildman–Crippen LogP) is 3.83. The summed E-state index contributed by atoms with van der Waals surface area (Å²) in [6.07, 6.45) is 1.74. The van der Waals surface area contributed by atoms with Gasteiger partial charge < -0.3 is 19.4 Å². The monoisotopic (exact) mass is 380 g/mol. The van der Waals surface area contributed by atoms with E-state index in [1.807, 2.05) is 49.3 Å². The van der Waals surface area contributed by atoms with Crippen LogP contribution in [-0.2, 0) is 11.2 Å². The lowest BCUT2D eigenvalue weighted by atomic mass is 10.1. The fourth-order valence-corrected chi connectivity index (χ4v) is 2.97. The fraction of sp³-hybridized carbons (Fsp3) is 0.273. The number of carbonyl (C=O) groups is 1. The Balaban J connectivity index is 1.66. The van der Waals surface area contributed by atoms with Gasteiger partial charge in [-0.15, -0.1) is 0 Å². The van der Waals surface area contributed by atoms with Gasteiger partial charge in [0.1, 0.15) is 11.3 Å². The number of fused-ring (bicyclic) bond motifs is 1. The predicted molar refractivity (Wildman–Crippen MR) is 111 cm³/mol. The molecule has 0 saturated carbocycles. The highest BCUT2D eigenvalue weighted by Gasteiger charge is 2.09. The highest BCUT2D eigenvalue weighted by atomic mass is 16.5. The number of hydrogen-bond acceptors (Lipinski definition) is 5. The van der Waals surface area contributed by atoms with E-state index in [1.165, 1.54) is 6.07 Å². The second-order valence-electron chi connectivity index (χ2n) is 6.78. The molecule has 1 N–H and O–H groups in total. The van der Waals surface area contributed by atoms with Crippen molar-refractivity contribution in [3.05, 3.63) is 64.5 Å². The maximum atomic E-state index is 12.1. The zero-order valence-corrected chi connectivity index (χ0v) is 16.3. The molecular formula is C22H24N2O4. The van der Waals surface area contributed by atoms with Crippen LogP contribution in [0.1, 0.15) is 18.9 Å². The molecule has 0 atom stereocenters. The summed E-state index contributed by atoms with van der Waals surface area (Å²) in [6, 6.07) is 14.3. The van der Waals surface area contributed by atoms with Gasteiger partial charge in [0.05, 0.1) is 0 Å². The lowest BCUT2D eigenvalue weighted by Gasteiger charge is -2.13. The molecule has 0 fully saturated rings. The molecule has 6 heteroatoms. The second kappa shape index (κ2) is 8.61. The molecule has 0 aliphatic heterocycles. The van der Waals surface area contributed by atoms with Crippen molar-refractivity contribution in [1.82, 2.24) is 0 Å². The summed E-state index contributed by atoms with van der Waals surface area (Å²) in [5, 5.41) is 3.68. The van der Waals surface area contributed by atoms with Gasteiger partial charge in [-0.1, -0.05) is 13.3 Å². The largest absolute Gasteiger partial charge is 0.484 e. The highest BCUT2D eigenvalue weighted by molar-refractivity contribution is 5.92. The van der Waals surface area contributed by atoms with Crippen LogP contribution in [0.25, 0.3) is 11.0 Å². The average Bonchev–Trinajstić information content (AvgIpc) is 2.66. The first kappa shape index (κ1) is 19.5. The topological polar surface area (TPSA) is 71.8 Å². The smallest absolute Gasteiger partial charge is 0.336 e. The van der Waals surface area contributed by atoms with Gasteiger partial charge in [0.25, 0.3) is 5.91 Å². The summed E-state index contributed by atoms with van der Waals surface area (Å²) in [5.41, 5.74) is 2.79. The zero-order valence-electron chi connectivity index (χ0n) is 16.3. The van der Waals surface area contributed by atoms with Gasteiger partial charge in [-0.2, -0.15) is 0 Å². The highest BCUT2D eigenvalue weighted by Crippen LogP contribution is 2.23. The molecule has 146 valence electrons. The maximum Gasteiger partial charge on any atom is 0.336 e. The quantitative estimate of drug-likeness (QED) is 0.631. The molecule has 0 spiro atoms. The Morgan fingerprint density at radius 3 is 2.54 bits per heavy atom. The first-order valence-corrected chi connectivity index (χ1v) is 9.23. The van der Waals surface area contributed by atoms with Crippen LogP contribution in [0.2, 0.25) is 0 Å². The van der Waals surface area contributed by atoms with E-state index in [2.05, 4.69) is 12.2 Å². The average molecular weight is 380 g/mol. The number of ether oxygens (including phenoxy) is 1. The molecule has 0 aliphatic carbocycles. The summed E-state index contributed by atoms with van der Waals surface area (Å²) >= 11 is 0. The van der Waals surface area contributed by atoms with Crippen LogP contribution in [-0.4, -0.2) is 26.6 Å². The second-order valence-corrected chi connectivity index (χ2v) is 6.78. The van der Waals surface area contributed by atoms with E-state index in [9.17, 15) is 9.59 Å². The van der Waals surface area contributed by atoms with E-state index in [4.69, 9.17) is 9.15 Å². The molecule has 0 unspecified atom stereocenters. The molecule has 1 aromatic heterocycles. The molecule has 28 heavy (non-hydrogen) atoms. The maximum absolute atomic E-state index is 12.1. The molecular weight excluding hydrogens is 356 g/mol. The van der Waals surface area contributed by atoms with Gasteiger partial charge in [-0.25, -0.2) is 4.79 Å². The summed E-state index contributed by atoms with van der Waals surface area (Å²) < 4.78 is 10.8. The first-order valence-electron chi connectivity index (χ1n) is 9.23. The molecule has 0 aliphatic rings. The lowest BCUT2D eigenvalue weighted by molar-refractivity contribution is -0.118. The van der Waals surface area contributed by atoms with Crippen LogP contribution in [0.15, 0.2) is 57.7 Å². The first-order chi connectivity index (χ1) is 13.5. The molecule has 3 aromatic rings. The van der Waals surface area contributed by atoms with Crippen LogP contribution in [0.5, 0.6) is 5.75 Å². The van der Waals surface area contributed by atoms with E-state index in [-0.39, 0.29) is 18.1 Å². The minimum atomic E-state index is -0.382. The minimum absolute atomic E-state index is 0.139. The number of anilines is 2. The molecule has 0 saturated heterocycles. The Morgan fingerprint density at radius 1 is 1.11 bits per heavy atom. The van der Waals surface area contributed by atoms with Crippen molar-refractivity contribution in [1.29, 1.82) is 0 Å². The van der Waals surface area contributed by atoms with E-state index in [0.717, 1.165) is 29.5 Å². The van der Waals surface area contributed by atoms with Crippen molar-refractivity contribution in [2.24, 2.45) is 0 Å². The zero-order chi connectivity index (χ0) is 20.1. The van der Waals surface area contributed by atoms with Gasteiger partial charge in [0, 0.05) is 43.0 Å². The van der Waals surface area contributed by atoms with Gasteiger partial charge in [0.15, 0.2) is 6.61 Å². The lowest BCUT2D eigenvalue weighted by Crippen LogP contribution is -2.20. The van der Waals surface area contributed by atoms with Crippen molar-refractivity contribution in [2.75, 3.05) is 30.9 Å². The summed E-state index contributed by atoms with van der Waals surface area (Å²) in [6.45, 7) is 1.92. The van der Waals surface area contributed by atoms with Gasteiger partial charge in [0.2, 0.25) is 0 Å². The van der Waals surface area contributed by atoms with Crippen molar-refractivity contribution < 1.29 is 13.9 Å². The van der Waals surface area contributed by atoms with E-state index in [1.54, 1.807) is 12.1 Å². The number of nitrogens with one attached hydrogen (secondary N) is 1. The normalized spacial score (nSPS) is 10.7. The molecule has 6 nitrogen and oxygen atoms in total. The number of carbonyl (C=O) groups excluding carboxylic acids is 1. The van der Waals surface area contributed by atoms with Crippen LogP contribution in [0.3, 0.4) is 0 Å². The number of rotatable bonds is 7. The summed E-state index contributed by atoms with van der Waals surface area (Å²) in [4.78, 5) is 25.9. The van der Waals surface area contributed by atoms with E-state index < -0.39 is 0 Å². The fourth-order valence-electron chi connectivity index (χ4n) is 2.97. The van der Waals surface area contributed by atoms with Crippen LogP contribution in [0, 0.1) is 0 Å². The van der Waals surface area contributed by atoms with Crippen LogP contribution in [0.4, 0.5) is 11.4 Å². The van der Waals surface area contributed by atoms with Crippen molar-refractivity contribution in [3.63, 3.8) is 0 Å². The molecule has 0 bridgehead atoms. The molecule has 1 heterocycles. The SMILES string of the molecule is CCCc1cc(=O)oc2cc(OCC(=O)Nc3ccc(N(C)C)cc3)ccc12. The van der Waals surface area contributed by atoms with E-state index >= 15 is 0 Å². The standard InChI is InChI=1S/C22H24N2O4/c1-4-5-15-12-22(26)28-20-13-18(10-11-19(15)20)27-14-21(25)23-16-6-8-17(9-7-16)24(2)3/h6-13H,4-5,14H2,1-3H3,(H,23,25). The molecule has 1 amide bonds. The number of aryl methyl sites for hydroxylation is 1. The Hall–Kier alpha value is -3.28. The summed E-state index contributed by atoms with van der Waals surface area (Å²) in [7, 11) is 3.91. The van der Waals surface area contributed by atoms with Crippen molar-refractivity contribution in [2.45, 2.75) is 19.8 Å². The minimum Gasteiger partial charge on any atom is -0.484 e. The molecule has 3 rings (SSSR count). The third-order valence-electron chi connectivity index (χ3n) is 4.36. The van der Waals surface area contributed by atoms with Crippen LogP contribution < -0.4 is 20.6 Å². The third-order valence-corrected chi connectivity index (χ3v) is 4.36. The van der Waals surface area contributed by atoms with Crippen molar-refractivity contribution >= 4 is 28.3 Å². The van der Waals surface area contributed by atoms with Gasteiger partial charge >= 0.3 is 5.63 Å². The number of nitrogens with zero attached hydrogens (tertiary/aromatic N) is 1. The third kappa shape index (κ3) is 4.71.